The Labute approximate surface area is 131 Å². The van der Waals surface area contributed by atoms with Gasteiger partial charge in [-0.05, 0) is 50.3 Å². The van der Waals surface area contributed by atoms with E-state index in [4.69, 9.17) is 9.47 Å². The lowest BCUT2D eigenvalue weighted by Gasteiger charge is -2.26. The number of ether oxygens (including phenoxy) is 2. The van der Waals surface area contributed by atoms with E-state index in [1.54, 1.807) is 4.90 Å². The van der Waals surface area contributed by atoms with E-state index in [0.717, 1.165) is 43.5 Å². The van der Waals surface area contributed by atoms with Crippen molar-refractivity contribution >= 4 is 11.9 Å². The van der Waals surface area contributed by atoms with E-state index in [1.165, 1.54) is 0 Å². The van der Waals surface area contributed by atoms with Crippen molar-refractivity contribution in [2.45, 2.75) is 33.1 Å². The molecule has 0 aromatic heterocycles. The van der Waals surface area contributed by atoms with Gasteiger partial charge < -0.3 is 14.4 Å². The fourth-order valence-corrected chi connectivity index (χ4v) is 2.42. The number of nitrogens with zero attached hydrogens (tertiary/aromatic N) is 1. The third-order valence-electron chi connectivity index (χ3n) is 3.75. The van der Waals surface area contributed by atoms with Crippen LogP contribution < -0.4 is 4.74 Å². The largest absolute Gasteiger partial charge is 0.482 e. The Hall–Kier alpha value is -2.04. The quantitative estimate of drug-likeness (QED) is 0.783. The molecule has 5 heteroatoms. The molecule has 120 valence electrons. The summed E-state index contributed by atoms with van der Waals surface area (Å²) in [4.78, 5) is 25.3. The molecule has 5 nitrogen and oxygen atoms in total. The minimum atomic E-state index is -0.522. The highest BCUT2D eigenvalue weighted by atomic mass is 16.6. The zero-order valence-electron chi connectivity index (χ0n) is 13.3. The van der Waals surface area contributed by atoms with Crippen molar-refractivity contribution in [2.24, 2.45) is 0 Å². The molecule has 1 heterocycles. The van der Waals surface area contributed by atoms with E-state index in [1.807, 2.05) is 32.0 Å². The normalized spacial score (nSPS) is 14.5. The van der Waals surface area contributed by atoms with Crippen molar-refractivity contribution in [1.29, 1.82) is 0 Å². The van der Waals surface area contributed by atoms with Gasteiger partial charge in [-0.3, -0.25) is 4.79 Å². The lowest BCUT2D eigenvalue weighted by molar-refractivity contribution is -0.154. The summed E-state index contributed by atoms with van der Waals surface area (Å²) >= 11 is 0. The topological polar surface area (TPSA) is 55.8 Å². The predicted molar refractivity (Wildman–Crippen MR) is 82.8 cm³/mol. The molecular formula is C17H23NO4. The molecule has 1 aromatic rings. The molecule has 0 aliphatic carbocycles. The highest BCUT2D eigenvalue weighted by Crippen LogP contribution is 2.18. The fourth-order valence-electron chi connectivity index (χ4n) is 2.42. The van der Waals surface area contributed by atoms with Crippen LogP contribution in [-0.4, -0.2) is 43.1 Å². The van der Waals surface area contributed by atoms with Gasteiger partial charge in [0.15, 0.2) is 13.2 Å². The van der Waals surface area contributed by atoms with Crippen LogP contribution in [-0.2, 0) is 14.3 Å². The van der Waals surface area contributed by atoms with E-state index in [0.29, 0.717) is 5.75 Å². The maximum atomic E-state index is 11.9. The van der Waals surface area contributed by atoms with Gasteiger partial charge in [-0.15, -0.1) is 0 Å². The molecule has 0 atom stereocenters. The van der Waals surface area contributed by atoms with Crippen molar-refractivity contribution in [3.05, 3.63) is 29.3 Å². The Bertz CT molecular complexity index is 535. The first-order chi connectivity index (χ1) is 10.6. The van der Waals surface area contributed by atoms with Crippen molar-refractivity contribution in [3.8, 4) is 5.75 Å². The van der Waals surface area contributed by atoms with Crippen LogP contribution in [0.2, 0.25) is 0 Å². The van der Waals surface area contributed by atoms with Crippen LogP contribution >= 0.6 is 0 Å². The average Bonchev–Trinajstić information content (AvgIpc) is 2.54. The first-order valence-corrected chi connectivity index (χ1v) is 7.70. The third-order valence-corrected chi connectivity index (χ3v) is 3.75. The SMILES string of the molecule is Cc1ccc(C)c(OCC(=O)OCC(=O)N2CCCCC2)c1. The second-order valence-electron chi connectivity index (χ2n) is 5.66. The number of hydrogen-bond donors (Lipinski definition) is 0. The maximum Gasteiger partial charge on any atom is 0.344 e. The summed E-state index contributed by atoms with van der Waals surface area (Å²) < 4.78 is 10.5. The number of benzene rings is 1. The van der Waals surface area contributed by atoms with Gasteiger partial charge in [0.05, 0.1) is 0 Å². The molecule has 1 saturated heterocycles. The summed E-state index contributed by atoms with van der Waals surface area (Å²) in [6.45, 7) is 5.01. The van der Waals surface area contributed by atoms with Gasteiger partial charge in [-0.1, -0.05) is 12.1 Å². The maximum absolute atomic E-state index is 11.9. The fraction of sp³-hybridized carbons (Fsp3) is 0.529. The van der Waals surface area contributed by atoms with Gasteiger partial charge in [0.1, 0.15) is 5.75 Å². The van der Waals surface area contributed by atoms with E-state index in [9.17, 15) is 9.59 Å². The van der Waals surface area contributed by atoms with Crippen LogP contribution in [0.4, 0.5) is 0 Å². The highest BCUT2D eigenvalue weighted by molar-refractivity contribution is 5.81. The molecule has 1 fully saturated rings. The monoisotopic (exact) mass is 305 g/mol. The number of carbonyl (C=O) groups excluding carboxylic acids is 2. The summed E-state index contributed by atoms with van der Waals surface area (Å²) in [7, 11) is 0. The van der Waals surface area contributed by atoms with E-state index in [2.05, 4.69) is 0 Å². The molecular weight excluding hydrogens is 282 g/mol. The molecule has 22 heavy (non-hydrogen) atoms. The number of likely N-dealkylation sites (tertiary alicyclic amines) is 1. The Morgan fingerprint density at radius 2 is 1.82 bits per heavy atom. The van der Waals surface area contributed by atoms with E-state index >= 15 is 0 Å². The first kappa shape index (κ1) is 16.3. The predicted octanol–water partition coefficient (Wildman–Crippen LogP) is 2.24. The Morgan fingerprint density at radius 1 is 1.09 bits per heavy atom. The molecule has 1 aliphatic rings. The molecule has 0 N–H and O–H groups in total. The number of hydrogen-bond acceptors (Lipinski definition) is 4. The standard InChI is InChI=1S/C17H23NO4/c1-13-6-7-14(2)15(10-13)21-12-17(20)22-11-16(19)18-8-4-3-5-9-18/h6-7,10H,3-5,8-9,11-12H2,1-2H3. The van der Waals surface area contributed by atoms with Crippen LogP contribution in [0.25, 0.3) is 0 Å². The van der Waals surface area contributed by atoms with E-state index < -0.39 is 5.97 Å². The Kier molecular flexibility index (Phi) is 5.81. The Morgan fingerprint density at radius 3 is 2.55 bits per heavy atom. The molecule has 0 spiro atoms. The first-order valence-electron chi connectivity index (χ1n) is 7.70. The van der Waals surface area contributed by atoms with Gasteiger partial charge in [-0.25, -0.2) is 4.79 Å². The van der Waals surface area contributed by atoms with Crippen LogP contribution in [0, 0.1) is 13.8 Å². The molecule has 2 rings (SSSR count). The molecule has 1 aliphatic heterocycles. The molecule has 1 aromatic carbocycles. The molecule has 0 unspecified atom stereocenters. The highest BCUT2D eigenvalue weighted by Gasteiger charge is 2.18. The molecule has 0 bridgehead atoms. The van der Waals surface area contributed by atoms with Gasteiger partial charge in [0.2, 0.25) is 0 Å². The summed E-state index contributed by atoms with van der Waals surface area (Å²) in [5.41, 5.74) is 2.03. The number of esters is 1. The summed E-state index contributed by atoms with van der Waals surface area (Å²) in [6.07, 6.45) is 3.21. The zero-order chi connectivity index (χ0) is 15.9. The third kappa shape index (κ3) is 4.76. The number of amides is 1. The Balaban J connectivity index is 1.73. The number of piperidine rings is 1. The van der Waals surface area contributed by atoms with Crippen molar-refractivity contribution in [2.75, 3.05) is 26.3 Å². The average molecular weight is 305 g/mol. The lowest BCUT2D eigenvalue weighted by atomic mass is 10.1. The molecule has 0 saturated carbocycles. The second-order valence-corrected chi connectivity index (χ2v) is 5.66. The molecule has 0 radical (unpaired) electrons. The van der Waals surface area contributed by atoms with Gasteiger partial charge in [-0.2, -0.15) is 0 Å². The smallest absolute Gasteiger partial charge is 0.344 e. The number of aryl methyl sites for hydroxylation is 2. The lowest BCUT2D eigenvalue weighted by Crippen LogP contribution is -2.38. The van der Waals surface area contributed by atoms with Gasteiger partial charge in [0.25, 0.3) is 5.91 Å². The van der Waals surface area contributed by atoms with Crippen molar-refractivity contribution < 1.29 is 19.1 Å². The molecule has 1 amide bonds. The van der Waals surface area contributed by atoms with Crippen LogP contribution in [0.5, 0.6) is 5.75 Å². The van der Waals surface area contributed by atoms with Crippen molar-refractivity contribution in [1.82, 2.24) is 4.90 Å². The van der Waals surface area contributed by atoms with Gasteiger partial charge in [0, 0.05) is 13.1 Å². The van der Waals surface area contributed by atoms with E-state index in [-0.39, 0.29) is 19.1 Å². The number of carbonyl (C=O) groups is 2. The summed E-state index contributed by atoms with van der Waals surface area (Å²) in [5, 5.41) is 0. The van der Waals surface area contributed by atoms with Crippen molar-refractivity contribution in [3.63, 3.8) is 0 Å². The summed E-state index contributed by atoms with van der Waals surface area (Å²) in [6, 6.07) is 5.80. The minimum absolute atomic E-state index is 0.125. The van der Waals surface area contributed by atoms with Crippen LogP contribution in [0.15, 0.2) is 18.2 Å². The van der Waals surface area contributed by atoms with Crippen LogP contribution in [0.1, 0.15) is 30.4 Å². The summed E-state index contributed by atoms with van der Waals surface area (Å²) in [5.74, 6) is 0.0189. The van der Waals surface area contributed by atoms with Gasteiger partial charge >= 0.3 is 5.97 Å². The minimum Gasteiger partial charge on any atom is -0.482 e. The number of rotatable bonds is 5. The van der Waals surface area contributed by atoms with Crippen LogP contribution in [0.3, 0.4) is 0 Å². The second kappa shape index (κ2) is 7.82. The zero-order valence-corrected chi connectivity index (χ0v) is 13.3.